The number of Topliss-reactive ketones (excluding diaryl/α,β-unsaturated/α-hetero) is 1. The second kappa shape index (κ2) is 10.5. The number of carboxylic acid groups (broad SMARTS) is 1. The maximum Gasteiger partial charge on any atom is 0.336 e. The molecular formula is C31H23ClN2O6. The van der Waals surface area contributed by atoms with Gasteiger partial charge in [0.05, 0.1) is 11.6 Å². The fourth-order valence-electron chi connectivity index (χ4n) is 5.19. The largest absolute Gasteiger partial charge is 0.478 e. The Morgan fingerprint density at radius 1 is 0.975 bits per heavy atom. The molecule has 2 aliphatic heterocycles. The number of ether oxygens (including phenoxy) is 2. The number of carbonyl (C=O) groups excluding carboxylic acids is 2. The standard InChI is InChI=1S/C31H23ClN2O6/c32-21-6-8-23-20(12-21)13-27(35)26(15-22-3-1-2-10-33-22)34(30(23)36)16-18-4-7-24(31(37)38)25(11-18)19-5-9-28-29(14-19)40-17-39-28/h1-12,14,26H,13,15-17H2,(H,37,38)/t26-/m1/s1. The fraction of sp³-hybridized carbons (Fsp3) is 0.161. The van der Waals surface area contributed by atoms with Crippen LogP contribution in [0.2, 0.25) is 5.02 Å². The third-order valence-corrected chi connectivity index (χ3v) is 7.39. The first-order valence-electron chi connectivity index (χ1n) is 12.7. The van der Waals surface area contributed by atoms with Gasteiger partial charge in [-0.1, -0.05) is 29.8 Å². The van der Waals surface area contributed by atoms with Crippen LogP contribution in [0.1, 0.15) is 37.5 Å². The molecule has 0 unspecified atom stereocenters. The van der Waals surface area contributed by atoms with Crippen LogP contribution in [-0.4, -0.2) is 45.5 Å². The number of benzene rings is 3. The molecule has 0 saturated heterocycles. The highest BCUT2D eigenvalue weighted by Crippen LogP contribution is 2.37. The van der Waals surface area contributed by atoms with Gasteiger partial charge in [0, 0.05) is 41.9 Å². The number of carbonyl (C=O) groups is 3. The normalized spacial score (nSPS) is 16.0. The van der Waals surface area contributed by atoms with E-state index in [1.165, 1.54) is 6.07 Å². The highest BCUT2D eigenvalue weighted by atomic mass is 35.5. The second-order valence-corrected chi connectivity index (χ2v) is 10.1. The molecule has 1 N–H and O–H groups in total. The van der Waals surface area contributed by atoms with Gasteiger partial charge in [-0.3, -0.25) is 14.6 Å². The number of ketones is 1. The molecule has 4 aromatic rings. The van der Waals surface area contributed by atoms with Gasteiger partial charge in [-0.2, -0.15) is 0 Å². The number of nitrogens with zero attached hydrogens (tertiary/aromatic N) is 2. The molecule has 0 aliphatic carbocycles. The molecule has 1 amide bonds. The van der Waals surface area contributed by atoms with E-state index in [0.717, 1.165) is 0 Å². The lowest BCUT2D eigenvalue weighted by Crippen LogP contribution is -2.45. The SMILES string of the molecule is O=C(O)c1ccc(CN2C(=O)c3ccc(Cl)cc3CC(=O)[C@H]2Cc2ccccn2)cc1-c1ccc2c(c1)OCO2. The Bertz CT molecular complexity index is 1660. The number of aromatic nitrogens is 1. The van der Waals surface area contributed by atoms with Gasteiger partial charge in [0.15, 0.2) is 17.3 Å². The lowest BCUT2D eigenvalue weighted by atomic mass is 9.96. The summed E-state index contributed by atoms with van der Waals surface area (Å²) >= 11 is 6.20. The molecule has 6 rings (SSSR count). The Morgan fingerprint density at radius 3 is 2.62 bits per heavy atom. The lowest BCUT2D eigenvalue weighted by Gasteiger charge is -2.29. The van der Waals surface area contributed by atoms with Crippen LogP contribution in [0.15, 0.2) is 79.0 Å². The van der Waals surface area contributed by atoms with Crippen molar-refractivity contribution in [2.24, 2.45) is 0 Å². The van der Waals surface area contributed by atoms with Crippen molar-refractivity contribution in [1.29, 1.82) is 0 Å². The molecule has 1 atom stereocenters. The van der Waals surface area contributed by atoms with E-state index in [4.69, 9.17) is 21.1 Å². The van der Waals surface area contributed by atoms with E-state index >= 15 is 0 Å². The van der Waals surface area contributed by atoms with Gasteiger partial charge in [-0.05, 0) is 76.9 Å². The zero-order valence-electron chi connectivity index (χ0n) is 21.2. The molecular weight excluding hydrogens is 532 g/mol. The Kier molecular flexibility index (Phi) is 6.69. The average Bonchev–Trinajstić information content (AvgIpc) is 3.40. The Morgan fingerprint density at radius 2 is 1.82 bits per heavy atom. The number of pyridine rings is 1. The first-order valence-corrected chi connectivity index (χ1v) is 13.0. The molecule has 0 fully saturated rings. The first-order chi connectivity index (χ1) is 19.4. The van der Waals surface area contributed by atoms with Gasteiger partial charge >= 0.3 is 5.97 Å². The number of rotatable bonds is 6. The molecule has 40 heavy (non-hydrogen) atoms. The summed E-state index contributed by atoms with van der Waals surface area (Å²) < 4.78 is 10.9. The van der Waals surface area contributed by atoms with Gasteiger partial charge in [0.25, 0.3) is 5.91 Å². The highest BCUT2D eigenvalue weighted by molar-refractivity contribution is 6.30. The van der Waals surface area contributed by atoms with Crippen molar-refractivity contribution in [2.45, 2.75) is 25.4 Å². The van der Waals surface area contributed by atoms with Crippen molar-refractivity contribution >= 4 is 29.3 Å². The zero-order chi connectivity index (χ0) is 27.8. The molecule has 2 aliphatic rings. The number of amides is 1. The van der Waals surface area contributed by atoms with Gasteiger partial charge in [-0.15, -0.1) is 0 Å². The van der Waals surface area contributed by atoms with Crippen molar-refractivity contribution in [1.82, 2.24) is 9.88 Å². The van der Waals surface area contributed by atoms with Crippen LogP contribution in [0, 0.1) is 0 Å². The van der Waals surface area contributed by atoms with Gasteiger partial charge < -0.3 is 19.5 Å². The number of carboxylic acids is 1. The highest BCUT2D eigenvalue weighted by Gasteiger charge is 2.36. The molecule has 1 aromatic heterocycles. The van der Waals surface area contributed by atoms with Gasteiger partial charge in [-0.25, -0.2) is 4.79 Å². The molecule has 0 bridgehead atoms. The van der Waals surface area contributed by atoms with Crippen molar-refractivity contribution in [2.75, 3.05) is 6.79 Å². The van der Waals surface area contributed by atoms with Crippen LogP contribution in [0.5, 0.6) is 11.5 Å². The predicted molar refractivity (Wildman–Crippen MR) is 147 cm³/mol. The van der Waals surface area contributed by atoms with Crippen molar-refractivity contribution in [3.05, 3.63) is 112 Å². The van der Waals surface area contributed by atoms with Gasteiger partial charge in [0.1, 0.15) is 0 Å². The van der Waals surface area contributed by atoms with E-state index in [-0.39, 0.29) is 43.4 Å². The molecule has 3 aromatic carbocycles. The fourth-order valence-corrected chi connectivity index (χ4v) is 5.39. The van der Waals surface area contributed by atoms with Gasteiger partial charge in [0.2, 0.25) is 6.79 Å². The third kappa shape index (κ3) is 4.89. The summed E-state index contributed by atoms with van der Waals surface area (Å²) in [5.41, 5.74) is 3.55. The molecule has 0 radical (unpaired) electrons. The van der Waals surface area contributed by atoms with Crippen molar-refractivity contribution < 1.29 is 29.0 Å². The predicted octanol–water partition coefficient (Wildman–Crippen LogP) is 5.21. The van der Waals surface area contributed by atoms with Crippen LogP contribution < -0.4 is 9.47 Å². The average molecular weight is 555 g/mol. The number of aromatic carboxylic acids is 1. The summed E-state index contributed by atoms with van der Waals surface area (Å²) in [7, 11) is 0. The number of hydrogen-bond acceptors (Lipinski definition) is 6. The van der Waals surface area contributed by atoms with E-state index in [0.29, 0.717) is 50.0 Å². The molecule has 0 saturated carbocycles. The van der Waals surface area contributed by atoms with Crippen LogP contribution >= 0.6 is 11.6 Å². The number of fused-ring (bicyclic) bond motifs is 2. The minimum absolute atomic E-state index is 0.0655. The molecule has 9 heteroatoms. The monoisotopic (exact) mass is 554 g/mol. The summed E-state index contributed by atoms with van der Waals surface area (Å²) in [6.45, 7) is 0.182. The van der Waals surface area contributed by atoms with Crippen LogP contribution in [-0.2, 0) is 24.2 Å². The molecule has 3 heterocycles. The van der Waals surface area contributed by atoms with E-state index in [1.54, 1.807) is 65.7 Å². The number of hydrogen-bond donors (Lipinski definition) is 1. The Hall–Kier alpha value is -4.69. The maximum absolute atomic E-state index is 13.9. The van der Waals surface area contributed by atoms with E-state index < -0.39 is 12.0 Å². The van der Waals surface area contributed by atoms with E-state index in [9.17, 15) is 19.5 Å². The first kappa shape index (κ1) is 25.6. The van der Waals surface area contributed by atoms with E-state index in [1.807, 2.05) is 12.1 Å². The summed E-state index contributed by atoms with van der Waals surface area (Å²) in [5.74, 6) is -0.401. The molecule has 8 nitrogen and oxygen atoms in total. The van der Waals surface area contributed by atoms with Crippen molar-refractivity contribution in [3.8, 4) is 22.6 Å². The Balaban J connectivity index is 1.42. The van der Waals surface area contributed by atoms with E-state index in [2.05, 4.69) is 4.98 Å². The summed E-state index contributed by atoms with van der Waals surface area (Å²) in [4.78, 5) is 45.6. The smallest absolute Gasteiger partial charge is 0.336 e. The van der Waals surface area contributed by atoms with Crippen LogP contribution in [0.3, 0.4) is 0 Å². The molecule has 0 spiro atoms. The Labute approximate surface area is 234 Å². The topological polar surface area (TPSA) is 106 Å². The summed E-state index contributed by atoms with van der Waals surface area (Å²) in [6, 6.07) is 19.8. The minimum atomic E-state index is -1.08. The quantitative estimate of drug-likeness (QED) is 0.349. The lowest BCUT2D eigenvalue weighted by molar-refractivity contribution is -0.122. The maximum atomic E-state index is 13.9. The third-order valence-electron chi connectivity index (χ3n) is 7.15. The second-order valence-electron chi connectivity index (χ2n) is 9.67. The zero-order valence-corrected chi connectivity index (χ0v) is 21.9. The van der Waals surface area contributed by atoms with Crippen molar-refractivity contribution in [3.63, 3.8) is 0 Å². The summed E-state index contributed by atoms with van der Waals surface area (Å²) in [5, 5.41) is 10.4. The molecule has 200 valence electrons. The van der Waals surface area contributed by atoms with Crippen LogP contribution in [0.4, 0.5) is 0 Å². The number of halogens is 1. The van der Waals surface area contributed by atoms with Crippen LogP contribution in [0.25, 0.3) is 11.1 Å². The minimum Gasteiger partial charge on any atom is -0.478 e. The summed E-state index contributed by atoms with van der Waals surface area (Å²) in [6.07, 6.45) is 1.96.